The number of Topliss-reactive ketones (excluding diaryl/α,β-unsaturated/α-hetero) is 1. The molecular weight excluding hydrogens is 398 g/mol. The van der Waals surface area contributed by atoms with Crippen LogP contribution in [0.3, 0.4) is 0 Å². The number of aliphatic hydroxyl groups is 1. The molecule has 3 heterocycles. The summed E-state index contributed by atoms with van der Waals surface area (Å²) in [5.41, 5.74) is 0.951. The fraction of sp³-hybridized carbons (Fsp3) is 0.348. The van der Waals surface area contributed by atoms with Crippen molar-refractivity contribution in [3.05, 3.63) is 59.4 Å². The summed E-state index contributed by atoms with van der Waals surface area (Å²) in [6.45, 7) is 2.00. The number of aromatic nitrogens is 1. The monoisotopic (exact) mass is 423 g/mol. The van der Waals surface area contributed by atoms with E-state index in [0.717, 1.165) is 6.54 Å². The van der Waals surface area contributed by atoms with Crippen LogP contribution >= 0.6 is 0 Å². The maximum atomic E-state index is 13.0. The number of carbonyl (C=O) groups excluding carboxylic acids is 2. The average molecular weight is 423 g/mol. The van der Waals surface area contributed by atoms with Crippen molar-refractivity contribution in [3.8, 4) is 11.5 Å². The van der Waals surface area contributed by atoms with E-state index >= 15 is 0 Å². The van der Waals surface area contributed by atoms with Crippen LogP contribution in [0.2, 0.25) is 0 Å². The first kappa shape index (κ1) is 20.9. The highest BCUT2D eigenvalue weighted by Crippen LogP contribution is 2.40. The lowest BCUT2D eigenvalue weighted by Gasteiger charge is -2.25. The smallest absolute Gasteiger partial charge is 0.295 e. The van der Waals surface area contributed by atoms with E-state index in [2.05, 4.69) is 4.98 Å². The van der Waals surface area contributed by atoms with Gasteiger partial charge in [-0.25, -0.2) is 0 Å². The topological polar surface area (TPSA) is 92.2 Å². The molecule has 2 aliphatic heterocycles. The minimum atomic E-state index is -0.753. The van der Waals surface area contributed by atoms with Gasteiger partial charge in [0.15, 0.2) is 11.5 Å². The molecule has 8 nitrogen and oxygen atoms in total. The number of ether oxygens (including phenoxy) is 2. The van der Waals surface area contributed by atoms with Crippen molar-refractivity contribution in [3.63, 3.8) is 0 Å². The summed E-state index contributed by atoms with van der Waals surface area (Å²) in [6.07, 6.45) is 2.30. The number of amides is 1. The average Bonchev–Trinajstić information content (AvgIpc) is 3.03. The summed E-state index contributed by atoms with van der Waals surface area (Å²) in [5, 5.41) is 11.1. The predicted octanol–water partition coefficient (Wildman–Crippen LogP) is 2.23. The standard InChI is InChI=1S/C23H25N3O5/c1-25(2)10-5-11-26-20(16-6-3-4-9-24-16)19(22(28)23(26)29)21(27)15-7-8-17-18(14-15)31-13-12-30-17/h3-4,6-9,14,20,27H,5,10-13H2,1-2H3/t20-/m1/s1. The molecule has 4 rings (SSSR count). The number of carbonyl (C=O) groups is 2. The van der Waals surface area contributed by atoms with Crippen molar-refractivity contribution in [1.82, 2.24) is 14.8 Å². The van der Waals surface area contributed by atoms with Crippen LogP contribution in [0, 0.1) is 0 Å². The molecule has 1 aromatic carbocycles. The third kappa shape index (κ3) is 4.11. The Balaban J connectivity index is 1.76. The van der Waals surface area contributed by atoms with Gasteiger partial charge >= 0.3 is 0 Å². The number of ketones is 1. The molecule has 8 heteroatoms. The lowest BCUT2D eigenvalue weighted by Crippen LogP contribution is -2.32. The molecule has 1 atom stereocenters. The van der Waals surface area contributed by atoms with Gasteiger partial charge in [-0.15, -0.1) is 0 Å². The summed E-state index contributed by atoms with van der Waals surface area (Å²) < 4.78 is 11.1. The van der Waals surface area contributed by atoms with Crippen LogP contribution in [-0.4, -0.2) is 72.0 Å². The molecule has 1 N–H and O–H groups in total. The van der Waals surface area contributed by atoms with E-state index in [0.29, 0.717) is 48.9 Å². The first-order valence-electron chi connectivity index (χ1n) is 10.2. The number of pyridine rings is 1. The van der Waals surface area contributed by atoms with Crippen molar-refractivity contribution in [2.45, 2.75) is 12.5 Å². The summed E-state index contributed by atoms with van der Waals surface area (Å²) >= 11 is 0. The van der Waals surface area contributed by atoms with Gasteiger partial charge < -0.3 is 24.4 Å². The highest BCUT2D eigenvalue weighted by atomic mass is 16.6. The fourth-order valence-corrected chi connectivity index (χ4v) is 3.86. The molecule has 1 saturated heterocycles. The van der Waals surface area contributed by atoms with Gasteiger partial charge in [-0.2, -0.15) is 0 Å². The Kier molecular flexibility index (Phi) is 5.90. The molecule has 1 amide bonds. The molecule has 0 radical (unpaired) electrons. The highest BCUT2D eigenvalue weighted by Gasteiger charge is 2.46. The van der Waals surface area contributed by atoms with Gasteiger partial charge in [-0.05, 0) is 57.4 Å². The lowest BCUT2D eigenvalue weighted by atomic mass is 9.98. The third-order valence-electron chi connectivity index (χ3n) is 5.33. The maximum absolute atomic E-state index is 13.0. The van der Waals surface area contributed by atoms with Crippen molar-refractivity contribution in [1.29, 1.82) is 0 Å². The zero-order valence-electron chi connectivity index (χ0n) is 17.6. The number of benzene rings is 1. The van der Waals surface area contributed by atoms with Crippen LogP contribution in [0.15, 0.2) is 48.2 Å². The van der Waals surface area contributed by atoms with Gasteiger partial charge in [0.1, 0.15) is 25.0 Å². The van der Waals surface area contributed by atoms with E-state index in [1.807, 2.05) is 19.0 Å². The van der Waals surface area contributed by atoms with E-state index < -0.39 is 17.7 Å². The molecule has 1 fully saturated rings. The molecule has 1 aromatic heterocycles. The normalized spacial score (nSPS) is 19.8. The lowest BCUT2D eigenvalue weighted by molar-refractivity contribution is -0.140. The van der Waals surface area contributed by atoms with Crippen LogP contribution in [0.4, 0.5) is 0 Å². The Morgan fingerprint density at radius 2 is 1.94 bits per heavy atom. The SMILES string of the molecule is CN(C)CCCN1C(=O)C(=O)C(=C(O)c2ccc3c(c2)OCCO3)[C@H]1c1ccccn1. The second-order valence-electron chi connectivity index (χ2n) is 7.76. The van der Waals surface area contributed by atoms with Gasteiger partial charge in [0.25, 0.3) is 11.7 Å². The molecule has 31 heavy (non-hydrogen) atoms. The minimum Gasteiger partial charge on any atom is -0.507 e. The summed E-state index contributed by atoms with van der Waals surface area (Å²) in [6, 6.07) is 9.53. The second-order valence-corrected chi connectivity index (χ2v) is 7.76. The van der Waals surface area contributed by atoms with E-state index in [1.54, 1.807) is 42.6 Å². The zero-order chi connectivity index (χ0) is 22.0. The Hall–Kier alpha value is -3.39. The largest absolute Gasteiger partial charge is 0.507 e. The fourth-order valence-electron chi connectivity index (χ4n) is 3.86. The summed E-state index contributed by atoms with van der Waals surface area (Å²) in [7, 11) is 3.90. The Morgan fingerprint density at radius 1 is 1.16 bits per heavy atom. The first-order valence-corrected chi connectivity index (χ1v) is 10.2. The summed E-state index contributed by atoms with van der Waals surface area (Å²) in [4.78, 5) is 33.8. The van der Waals surface area contributed by atoms with Gasteiger partial charge in [0.05, 0.1) is 11.3 Å². The highest BCUT2D eigenvalue weighted by molar-refractivity contribution is 6.46. The van der Waals surface area contributed by atoms with E-state index in [9.17, 15) is 14.7 Å². The van der Waals surface area contributed by atoms with Crippen LogP contribution in [0.25, 0.3) is 5.76 Å². The van der Waals surface area contributed by atoms with Crippen molar-refractivity contribution in [2.75, 3.05) is 40.4 Å². The van der Waals surface area contributed by atoms with E-state index in [1.165, 1.54) is 4.90 Å². The van der Waals surface area contributed by atoms with Gasteiger partial charge in [-0.3, -0.25) is 14.6 Å². The van der Waals surface area contributed by atoms with Gasteiger partial charge in [-0.1, -0.05) is 6.07 Å². The molecule has 2 aliphatic rings. The second kappa shape index (κ2) is 8.77. The zero-order valence-corrected chi connectivity index (χ0v) is 17.6. The van der Waals surface area contributed by atoms with Crippen LogP contribution in [-0.2, 0) is 9.59 Å². The Bertz CT molecular complexity index is 1020. The predicted molar refractivity (Wildman–Crippen MR) is 114 cm³/mol. The number of likely N-dealkylation sites (tertiary alicyclic amines) is 1. The molecular formula is C23H25N3O5. The number of hydrogen-bond donors (Lipinski definition) is 1. The van der Waals surface area contributed by atoms with Crippen LogP contribution in [0.1, 0.15) is 23.7 Å². The quantitative estimate of drug-likeness (QED) is 0.433. The number of fused-ring (bicyclic) bond motifs is 1. The first-order chi connectivity index (χ1) is 15.0. The molecule has 0 bridgehead atoms. The Labute approximate surface area is 180 Å². The maximum Gasteiger partial charge on any atom is 0.295 e. The van der Waals surface area contributed by atoms with Crippen LogP contribution < -0.4 is 9.47 Å². The molecule has 0 spiro atoms. The van der Waals surface area contributed by atoms with Crippen molar-refractivity contribution < 1.29 is 24.2 Å². The number of hydrogen-bond acceptors (Lipinski definition) is 7. The molecule has 0 aliphatic carbocycles. The summed E-state index contributed by atoms with van der Waals surface area (Å²) in [5.74, 6) is -0.527. The number of aliphatic hydroxyl groups excluding tert-OH is 1. The molecule has 2 aromatic rings. The van der Waals surface area contributed by atoms with E-state index in [4.69, 9.17) is 9.47 Å². The third-order valence-corrected chi connectivity index (χ3v) is 5.33. The number of nitrogens with zero attached hydrogens (tertiary/aromatic N) is 3. The van der Waals surface area contributed by atoms with Gasteiger partial charge in [0.2, 0.25) is 0 Å². The van der Waals surface area contributed by atoms with Crippen molar-refractivity contribution >= 4 is 17.4 Å². The van der Waals surface area contributed by atoms with Gasteiger partial charge in [0, 0.05) is 18.3 Å². The minimum absolute atomic E-state index is 0.0326. The number of rotatable bonds is 6. The molecule has 0 saturated carbocycles. The molecule has 0 unspecified atom stereocenters. The Morgan fingerprint density at radius 3 is 2.65 bits per heavy atom. The van der Waals surface area contributed by atoms with Crippen LogP contribution in [0.5, 0.6) is 11.5 Å². The van der Waals surface area contributed by atoms with E-state index in [-0.39, 0.29) is 11.3 Å². The molecule has 162 valence electrons. The van der Waals surface area contributed by atoms with Crippen molar-refractivity contribution in [2.24, 2.45) is 0 Å².